The molecule has 0 radical (unpaired) electrons. The Morgan fingerprint density at radius 3 is 1.04 bits per heavy atom. The molecule has 0 amide bonds. The van der Waals surface area contributed by atoms with Gasteiger partial charge in [-0.15, -0.1) is 0 Å². The lowest BCUT2D eigenvalue weighted by atomic mass is 9.88. The fraction of sp³-hybridized carbons (Fsp3) is 0.130. The van der Waals surface area contributed by atoms with Crippen molar-refractivity contribution in [2.75, 3.05) is 0 Å². The van der Waals surface area contributed by atoms with Crippen LogP contribution in [0.2, 0.25) is 13.1 Å². The third kappa shape index (κ3) is 4.89. The molecule has 0 bridgehead atoms. The summed E-state index contributed by atoms with van der Waals surface area (Å²) in [5.41, 5.74) is 20.1. The number of fused-ring (bicyclic) bond motifs is 2. The zero-order valence-corrected chi connectivity index (χ0v) is 28.7. The van der Waals surface area contributed by atoms with Gasteiger partial charge in [0.1, 0.15) is 0 Å². The first-order chi connectivity index (χ1) is 22.9. The van der Waals surface area contributed by atoms with Crippen LogP contribution >= 0.6 is 0 Å². The lowest BCUT2D eigenvalue weighted by Crippen LogP contribution is -2.42. The number of benzene rings is 6. The van der Waals surface area contributed by atoms with Gasteiger partial charge in [0.2, 0.25) is 0 Å². The molecule has 0 N–H and O–H groups in total. The summed E-state index contributed by atoms with van der Waals surface area (Å²) < 4.78 is 0. The fourth-order valence-corrected chi connectivity index (χ4v) is 13.8. The summed E-state index contributed by atoms with van der Waals surface area (Å²) >= 11 is 0. The third-order valence-electron chi connectivity index (χ3n) is 10.6. The Hall–Kier alpha value is -4.98. The van der Waals surface area contributed by atoms with E-state index in [0.717, 1.165) is 0 Å². The maximum Gasteiger partial charge on any atom is 0.0722 e. The van der Waals surface area contributed by atoms with Crippen molar-refractivity contribution in [1.29, 1.82) is 0 Å². The van der Waals surface area contributed by atoms with Crippen molar-refractivity contribution in [3.05, 3.63) is 179 Å². The molecule has 0 aliphatic heterocycles. The highest BCUT2D eigenvalue weighted by atomic mass is 28.3. The van der Waals surface area contributed by atoms with E-state index >= 15 is 0 Å². The van der Waals surface area contributed by atoms with Crippen LogP contribution in [0, 0.1) is 0 Å². The summed E-state index contributed by atoms with van der Waals surface area (Å²) in [4.78, 5) is 0. The van der Waals surface area contributed by atoms with E-state index in [1.807, 2.05) is 0 Å². The molecule has 2 aliphatic carbocycles. The van der Waals surface area contributed by atoms with Crippen LogP contribution in [0.15, 0.2) is 157 Å². The average molecular weight is 621 g/mol. The monoisotopic (exact) mass is 620 g/mol. The molecule has 0 aromatic heterocycles. The van der Waals surface area contributed by atoms with Crippen molar-refractivity contribution in [1.82, 2.24) is 0 Å². The minimum Gasteiger partial charge on any atom is -0.0679 e. The van der Waals surface area contributed by atoms with E-state index in [0.29, 0.717) is 11.1 Å². The zero-order chi connectivity index (χ0) is 32.1. The van der Waals surface area contributed by atoms with Crippen LogP contribution in [0.4, 0.5) is 0 Å². The second-order valence-corrected chi connectivity index (χ2v) is 18.7. The summed E-state index contributed by atoms with van der Waals surface area (Å²) in [7, 11) is -2.04. The van der Waals surface area contributed by atoms with Crippen molar-refractivity contribution >= 4 is 20.2 Å². The lowest BCUT2D eigenvalue weighted by molar-refractivity contribution is 0.969. The lowest BCUT2D eigenvalue weighted by Gasteiger charge is -2.39. The number of hydrogen-bond acceptors (Lipinski definition) is 0. The molecular weight excluding hydrogens is 581 g/mol. The second-order valence-electron chi connectivity index (χ2n) is 13.9. The van der Waals surface area contributed by atoms with Gasteiger partial charge in [-0.05, 0) is 80.6 Å². The Morgan fingerprint density at radius 2 is 0.702 bits per heavy atom. The second kappa shape index (κ2) is 11.7. The smallest absolute Gasteiger partial charge is 0.0679 e. The third-order valence-corrected chi connectivity index (χ3v) is 15.1. The fourth-order valence-electron chi connectivity index (χ4n) is 8.89. The first-order valence-corrected chi connectivity index (χ1v) is 20.0. The van der Waals surface area contributed by atoms with Crippen LogP contribution in [-0.2, 0) is 0 Å². The molecule has 2 atom stereocenters. The van der Waals surface area contributed by atoms with Gasteiger partial charge in [-0.2, -0.15) is 0 Å². The van der Waals surface area contributed by atoms with E-state index in [-0.39, 0.29) is 0 Å². The Bertz CT molecular complexity index is 2000. The van der Waals surface area contributed by atoms with E-state index in [1.165, 1.54) is 77.9 Å². The molecule has 0 fully saturated rings. The van der Waals surface area contributed by atoms with Gasteiger partial charge >= 0.3 is 0 Å². The first-order valence-electron chi connectivity index (χ1n) is 16.9. The van der Waals surface area contributed by atoms with Crippen molar-refractivity contribution in [2.45, 2.75) is 38.0 Å². The molecule has 2 unspecified atom stereocenters. The summed E-state index contributed by atoms with van der Waals surface area (Å²) in [6, 6.07) is 53.5. The highest BCUT2D eigenvalue weighted by Gasteiger charge is 2.47. The summed E-state index contributed by atoms with van der Waals surface area (Å²) in [5, 5.41) is 0. The van der Waals surface area contributed by atoms with E-state index in [1.54, 1.807) is 0 Å². The minimum absolute atomic E-state index is 0.429. The van der Waals surface area contributed by atoms with Crippen LogP contribution in [0.25, 0.3) is 56.7 Å². The molecule has 0 saturated carbocycles. The van der Waals surface area contributed by atoms with E-state index in [2.05, 4.69) is 185 Å². The molecule has 2 aliphatic rings. The molecular formula is C46H40Si. The van der Waals surface area contributed by atoms with Crippen molar-refractivity contribution in [2.24, 2.45) is 0 Å². The molecule has 0 saturated heterocycles. The van der Waals surface area contributed by atoms with Crippen molar-refractivity contribution in [3.8, 4) is 44.5 Å². The molecule has 0 spiro atoms. The van der Waals surface area contributed by atoms with Crippen molar-refractivity contribution < 1.29 is 0 Å². The number of rotatable bonds is 6. The number of allylic oxidation sites excluding steroid dienone is 2. The molecule has 47 heavy (non-hydrogen) atoms. The summed E-state index contributed by atoms with van der Waals surface area (Å²) in [6.07, 6.45) is 5.04. The Balaban J connectivity index is 1.29. The molecule has 228 valence electrons. The summed E-state index contributed by atoms with van der Waals surface area (Å²) in [5.74, 6) is 0. The Labute approximate surface area is 280 Å². The van der Waals surface area contributed by atoms with Gasteiger partial charge in [0.15, 0.2) is 0 Å². The molecule has 6 aromatic rings. The predicted octanol–water partition coefficient (Wildman–Crippen LogP) is 12.8. The topological polar surface area (TPSA) is 0 Å². The van der Waals surface area contributed by atoms with Crippen LogP contribution in [0.5, 0.6) is 0 Å². The van der Waals surface area contributed by atoms with Gasteiger partial charge in [-0.1, -0.05) is 182 Å². The average Bonchev–Trinajstić information content (AvgIpc) is 3.65. The molecule has 6 aromatic carbocycles. The Kier molecular flexibility index (Phi) is 7.31. The maximum absolute atomic E-state index is 2.64. The highest BCUT2D eigenvalue weighted by molar-refractivity contribution is 6.81. The molecule has 0 heterocycles. The maximum atomic E-state index is 2.64. The SMILES string of the molecule is CC1=Cc2c(ccc(-c3ccccc3)c2-c2ccccc2)C1[Si](C)(C)C1C(C)=Cc2c1ccc(-c1ccccc1)c2-c1ccccc1. The van der Waals surface area contributed by atoms with Gasteiger partial charge in [-0.25, -0.2) is 0 Å². The molecule has 8 rings (SSSR count). The van der Waals surface area contributed by atoms with Gasteiger partial charge in [0.25, 0.3) is 0 Å². The normalized spacial score (nSPS) is 16.8. The van der Waals surface area contributed by atoms with E-state index in [4.69, 9.17) is 0 Å². The summed E-state index contributed by atoms with van der Waals surface area (Å²) in [6.45, 7) is 10.1. The minimum atomic E-state index is -2.04. The Morgan fingerprint density at radius 1 is 0.383 bits per heavy atom. The standard InChI is InChI=1S/C46H40Si/c1-31-29-41-39(27-25-37(33-17-9-5-10-18-33)43(41)35-21-13-7-14-22-35)45(31)47(3,4)46-32(2)30-42-40(46)28-26-38(34-19-11-6-12-20-34)44(42)36-23-15-8-16-24-36/h5-30,45-46H,1-4H3. The first kappa shape index (κ1) is 29.4. The van der Waals surface area contributed by atoms with Crippen LogP contribution in [-0.4, -0.2) is 8.07 Å². The van der Waals surface area contributed by atoms with Crippen LogP contribution < -0.4 is 0 Å². The van der Waals surface area contributed by atoms with Gasteiger partial charge in [0.05, 0.1) is 8.07 Å². The molecule has 1 heteroatoms. The number of hydrogen-bond donors (Lipinski definition) is 0. The van der Waals surface area contributed by atoms with Gasteiger partial charge < -0.3 is 0 Å². The van der Waals surface area contributed by atoms with Crippen LogP contribution in [0.1, 0.15) is 47.2 Å². The van der Waals surface area contributed by atoms with Gasteiger partial charge in [0, 0.05) is 11.1 Å². The predicted molar refractivity (Wildman–Crippen MR) is 205 cm³/mol. The largest absolute Gasteiger partial charge is 0.0722 e. The molecule has 0 nitrogen and oxygen atoms in total. The highest BCUT2D eigenvalue weighted by Crippen LogP contribution is 2.56. The quantitative estimate of drug-likeness (QED) is 0.163. The van der Waals surface area contributed by atoms with E-state index < -0.39 is 8.07 Å². The van der Waals surface area contributed by atoms with Gasteiger partial charge in [-0.3, -0.25) is 0 Å². The zero-order valence-electron chi connectivity index (χ0n) is 27.7. The van der Waals surface area contributed by atoms with Crippen LogP contribution in [0.3, 0.4) is 0 Å². The van der Waals surface area contributed by atoms with Crippen molar-refractivity contribution in [3.63, 3.8) is 0 Å². The van der Waals surface area contributed by atoms with E-state index in [9.17, 15) is 0 Å².